The molecule has 2 heterocycles. The van der Waals surface area contributed by atoms with Gasteiger partial charge in [-0.05, 0) is 69.1 Å². The van der Waals surface area contributed by atoms with Crippen molar-refractivity contribution in [1.29, 1.82) is 0 Å². The molecule has 2 aromatic rings. The van der Waals surface area contributed by atoms with E-state index in [1.807, 2.05) is 28.8 Å². The molecule has 1 aliphatic rings. The maximum atomic E-state index is 12.1. The Hall–Kier alpha value is -2.06. The van der Waals surface area contributed by atoms with Crippen LogP contribution in [0, 0.1) is 5.92 Å². The van der Waals surface area contributed by atoms with Crippen molar-refractivity contribution in [2.24, 2.45) is 5.92 Å². The Morgan fingerprint density at radius 1 is 1.29 bits per heavy atom. The van der Waals surface area contributed by atoms with E-state index in [1.165, 1.54) is 37.7 Å². The van der Waals surface area contributed by atoms with Gasteiger partial charge in [-0.3, -0.25) is 9.36 Å². The summed E-state index contributed by atoms with van der Waals surface area (Å²) in [4.78, 5) is 14.6. The SMILES string of the molecule is COc1ccc(-n2cnnc2SCC(=O)NCCCN2CCC(C)CC2)cc1. The molecule has 1 aliphatic heterocycles. The summed E-state index contributed by atoms with van der Waals surface area (Å²) in [5.74, 6) is 2.01. The zero-order valence-corrected chi connectivity index (χ0v) is 17.5. The first kappa shape index (κ1) is 20.7. The number of carbonyl (C=O) groups excluding carboxylic acids is 1. The number of ether oxygens (including phenoxy) is 1. The quantitative estimate of drug-likeness (QED) is 0.513. The van der Waals surface area contributed by atoms with Crippen molar-refractivity contribution < 1.29 is 9.53 Å². The predicted molar refractivity (Wildman–Crippen MR) is 111 cm³/mol. The third-order valence-electron chi connectivity index (χ3n) is 5.05. The van der Waals surface area contributed by atoms with E-state index >= 15 is 0 Å². The number of benzene rings is 1. The van der Waals surface area contributed by atoms with Crippen LogP contribution in [0.2, 0.25) is 0 Å². The van der Waals surface area contributed by atoms with Crippen LogP contribution in [0.3, 0.4) is 0 Å². The molecule has 1 saturated heterocycles. The number of methoxy groups -OCH3 is 1. The molecule has 0 spiro atoms. The largest absolute Gasteiger partial charge is 0.497 e. The molecule has 1 amide bonds. The maximum Gasteiger partial charge on any atom is 0.230 e. The highest BCUT2D eigenvalue weighted by Gasteiger charge is 2.15. The van der Waals surface area contributed by atoms with E-state index in [4.69, 9.17) is 4.74 Å². The van der Waals surface area contributed by atoms with Crippen molar-refractivity contribution in [3.63, 3.8) is 0 Å². The number of carbonyl (C=O) groups is 1. The fourth-order valence-electron chi connectivity index (χ4n) is 3.24. The van der Waals surface area contributed by atoms with Crippen LogP contribution >= 0.6 is 11.8 Å². The lowest BCUT2D eigenvalue weighted by Crippen LogP contribution is -2.35. The highest BCUT2D eigenvalue weighted by atomic mass is 32.2. The number of nitrogens with zero attached hydrogens (tertiary/aromatic N) is 4. The van der Waals surface area contributed by atoms with Crippen LogP contribution in [0.4, 0.5) is 0 Å². The average Bonchev–Trinajstić information content (AvgIpc) is 3.19. The van der Waals surface area contributed by atoms with E-state index in [9.17, 15) is 4.79 Å². The van der Waals surface area contributed by atoms with Crippen molar-refractivity contribution in [1.82, 2.24) is 25.0 Å². The van der Waals surface area contributed by atoms with Crippen molar-refractivity contribution in [2.45, 2.75) is 31.3 Å². The van der Waals surface area contributed by atoms with Crippen LogP contribution in [0.15, 0.2) is 35.7 Å². The highest BCUT2D eigenvalue weighted by molar-refractivity contribution is 7.99. The van der Waals surface area contributed by atoms with Crippen molar-refractivity contribution in [2.75, 3.05) is 39.0 Å². The van der Waals surface area contributed by atoms with E-state index in [0.717, 1.165) is 36.9 Å². The molecule has 28 heavy (non-hydrogen) atoms. The molecule has 1 aromatic heterocycles. The van der Waals surface area contributed by atoms with Gasteiger partial charge in [-0.1, -0.05) is 18.7 Å². The van der Waals surface area contributed by atoms with E-state index in [0.29, 0.717) is 10.9 Å². The topological polar surface area (TPSA) is 72.3 Å². The number of hydrogen-bond donors (Lipinski definition) is 1. The van der Waals surface area contributed by atoms with Crippen LogP contribution in [-0.4, -0.2) is 64.6 Å². The van der Waals surface area contributed by atoms with Gasteiger partial charge in [-0.15, -0.1) is 10.2 Å². The summed E-state index contributed by atoms with van der Waals surface area (Å²) in [6.07, 6.45) is 5.23. The number of likely N-dealkylation sites (tertiary alicyclic amines) is 1. The molecule has 7 nitrogen and oxygen atoms in total. The third-order valence-corrected chi connectivity index (χ3v) is 5.99. The molecular weight excluding hydrogens is 374 g/mol. The molecule has 0 unspecified atom stereocenters. The van der Waals surface area contributed by atoms with Crippen molar-refractivity contribution in [3.8, 4) is 11.4 Å². The molecule has 0 aliphatic carbocycles. The summed E-state index contributed by atoms with van der Waals surface area (Å²) in [5.41, 5.74) is 0.935. The molecule has 0 atom stereocenters. The number of rotatable bonds is 9. The number of hydrogen-bond acceptors (Lipinski definition) is 6. The monoisotopic (exact) mass is 403 g/mol. The van der Waals surface area contributed by atoms with Gasteiger partial charge in [0.05, 0.1) is 12.9 Å². The number of nitrogens with one attached hydrogen (secondary N) is 1. The second-order valence-electron chi connectivity index (χ2n) is 7.20. The number of piperidine rings is 1. The Bertz CT molecular complexity index is 741. The van der Waals surface area contributed by atoms with Gasteiger partial charge >= 0.3 is 0 Å². The van der Waals surface area contributed by atoms with Crippen LogP contribution in [0.1, 0.15) is 26.2 Å². The van der Waals surface area contributed by atoms with Gasteiger partial charge in [0.15, 0.2) is 5.16 Å². The number of aromatic nitrogens is 3. The summed E-state index contributed by atoms with van der Waals surface area (Å²) >= 11 is 1.39. The van der Waals surface area contributed by atoms with E-state index in [2.05, 4.69) is 27.3 Å². The zero-order valence-electron chi connectivity index (χ0n) is 16.6. The standard InChI is InChI=1S/C20H29N5O2S/c1-16-8-12-24(13-9-16)11-3-10-21-19(26)14-28-20-23-22-15-25(20)17-4-6-18(27-2)7-5-17/h4-7,15-16H,3,8-14H2,1-2H3,(H,21,26). The van der Waals surface area contributed by atoms with E-state index < -0.39 is 0 Å². The summed E-state index contributed by atoms with van der Waals surface area (Å²) in [6.45, 7) is 6.48. The van der Waals surface area contributed by atoms with Gasteiger partial charge in [0, 0.05) is 12.2 Å². The van der Waals surface area contributed by atoms with Crippen LogP contribution in [0.5, 0.6) is 5.75 Å². The Morgan fingerprint density at radius 2 is 2.04 bits per heavy atom. The lowest BCUT2D eigenvalue weighted by Gasteiger charge is -2.30. The second kappa shape index (κ2) is 10.5. The first-order valence-corrected chi connectivity index (χ1v) is 10.8. The van der Waals surface area contributed by atoms with Gasteiger partial charge in [0.2, 0.25) is 5.91 Å². The second-order valence-corrected chi connectivity index (χ2v) is 8.14. The summed E-state index contributed by atoms with van der Waals surface area (Å²) in [5, 5.41) is 11.8. The minimum absolute atomic E-state index is 0.0292. The van der Waals surface area contributed by atoms with Gasteiger partial charge < -0.3 is 15.0 Å². The van der Waals surface area contributed by atoms with Crippen LogP contribution in [-0.2, 0) is 4.79 Å². The summed E-state index contributed by atoms with van der Waals surface area (Å²) in [6, 6.07) is 7.65. The predicted octanol–water partition coefficient (Wildman–Crippen LogP) is 2.61. The smallest absolute Gasteiger partial charge is 0.230 e. The molecule has 152 valence electrons. The van der Waals surface area contributed by atoms with Gasteiger partial charge in [-0.2, -0.15) is 0 Å². The van der Waals surface area contributed by atoms with Gasteiger partial charge in [-0.25, -0.2) is 0 Å². The Balaban J connectivity index is 1.38. The fraction of sp³-hybridized carbons (Fsp3) is 0.550. The normalized spacial score (nSPS) is 15.5. The maximum absolute atomic E-state index is 12.1. The number of thioether (sulfide) groups is 1. The first-order valence-electron chi connectivity index (χ1n) is 9.82. The minimum Gasteiger partial charge on any atom is -0.497 e. The lowest BCUT2D eigenvalue weighted by molar-refractivity contribution is -0.118. The first-order chi connectivity index (χ1) is 13.7. The van der Waals surface area contributed by atoms with Gasteiger partial charge in [0.25, 0.3) is 0 Å². The molecule has 3 rings (SSSR count). The Labute approximate surface area is 170 Å². The molecule has 1 N–H and O–H groups in total. The molecule has 0 saturated carbocycles. The molecular formula is C20H29N5O2S. The van der Waals surface area contributed by atoms with Crippen molar-refractivity contribution >= 4 is 17.7 Å². The summed E-state index contributed by atoms with van der Waals surface area (Å²) < 4.78 is 7.05. The van der Waals surface area contributed by atoms with Crippen LogP contribution in [0.25, 0.3) is 5.69 Å². The zero-order chi connectivity index (χ0) is 19.8. The highest BCUT2D eigenvalue weighted by Crippen LogP contribution is 2.21. The minimum atomic E-state index is 0.0292. The summed E-state index contributed by atoms with van der Waals surface area (Å²) in [7, 11) is 1.64. The fourth-order valence-corrected chi connectivity index (χ4v) is 4.00. The van der Waals surface area contributed by atoms with Gasteiger partial charge in [0.1, 0.15) is 12.1 Å². The van der Waals surface area contributed by atoms with E-state index in [1.54, 1.807) is 13.4 Å². The molecule has 0 bridgehead atoms. The number of amides is 1. The lowest BCUT2D eigenvalue weighted by atomic mass is 9.99. The molecule has 1 fully saturated rings. The van der Waals surface area contributed by atoms with Crippen LogP contribution < -0.4 is 10.1 Å². The molecule has 1 aromatic carbocycles. The molecule has 8 heteroatoms. The average molecular weight is 404 g/mol. The van der Waals surface area contributed by atoms with E-state index in [-0.39, 0.29) is 5.91 Å². The Kier molecular flexibility index (Phi) is 7.73. The Morgan fingerprint density at radius 3 is 2.75 bits per heavy atom. The van der Waals surface area contributed by atoms with Crippen molar-refractivity contribution in [3.05, 3.63) is 30.6 Å². The molecule has 0 radical (unpaired) electrons. The third kappa shape index (κ3) is 5.97.